The van der Waals surface area contributed by atoms with E-state index in [0.29, 0.717) is 0 Å². The molecule has 2 nitrogen and oxygen atoms in total. The van der Waals surface area contributed by atoms with Gasteiger partial charge in [-0.2, -0.15) is 0 Å². The zero-order chi connectivity index (χ0) is 40.1. The highest BCUT2D eigenvalue weighted by Crippen LogP contribution is 2.62. The summed E-state index contributed by atoms with van der Waals surface area (Å²) in [6.45, 7) is 0. The first-order valence-corrected chi connectivity index (χ1v) is 21.2. The maximum Gasteiger partial charge on any atom is 0.0755 e. The lowest BCUT2D eigenvalue weighted by Crippen LogP contribution is -2.33. The van der Waals surface area contributed by atoms with Gasteiger partial charge < -0.3 is 9.47 Å². The number of rotatable bonds is 5. The van der Waals surface area contributed by atoms with Crippen LogP contribution in [0.5, 0.6) is 0 Å². The summed E-state index contributed by atoms with van der Waals surface area (Å²) >= 11 is 0. The van der Waals surface area contributed by atoms with Gasteiger partial charge in [0.1, 0.15) is 0 Å². The number of hydrogen-bond acceptors (Lipinski definition) is 1. The number of para-hydroxylation sites is 3. The lowest BCUT2D eigenvalue weighted by molar-refractivity contribution is 0.748. The Bertz CT molecular complexity index is 3500. The molecule has 2 heteroatoms. The molecule has 0 atom stereocenters. The van der Waals surface area contributed by atoms with Crippen LogP contribution in [0.25, 0.3) is 71.6 Å². The first kappa shape index (κ1) is 34.0. The molecule has 10 aromatic carbocycles. The molecule has 2 aliphatic rings. The van der Waals surface area contributed by atoms with Gasteiger partial charge in [-0.1, -0.05) is 194 Å². The standard InChI is InChI=1S/C59H38N2/c1-2-18-39(19-3-1)42-22-6-7-24-44(42)47-27-10-14-33-55(47)60(54-35-16-21-40-20-4-5-23-43(40)54)41-36-37-57-53(38-41)59(50-30-12-8-25-45(50)46-26-9-13-31-51(46)59)52-32-17-29-49-48-28-11-15-34-56(48)61(57)58(49)52/h1-38H. The Morgan fingerprint density at radius 2 is 0.902 bits per heavy atom. The quantitative estimate of drug-likeness (QED) is 0.169. The average Bonchev–Trinajstić information content (AvgIpc) is 3.83. The summed E-state index contributed by atoms with van der Waals surface area (Å²) in [5.74, 6) is 0. The maximum atomic E-state index is 2.54. The molecule has 0 amide bonds. The van der Waals surface area contributed by atoms with Crippen molar-refractivity contribution in [2.24, 2.45) is 0 Å². The van der Waals surface area contributed by atoms with Gasteiger partial charge in [-0.05, 0) is 91.9 Å². The molecule has 0 N–H and O–H groups in total. The van der Waals surface area contributed by atoms with Gasteiger partial charge in [0.15, 0.2) is 0 Å². The van der Waals surface area contributed by atoms with Gasteiger partial charge in [-0.25, -0.2) is 0 Å². The maximum absolute atomic E-state index is 2.54. The van der Waals surface area contributed by atoms with Crippen molar-refractivity contribution in [2.45, 2.75) is 5.41 Å². The molecule has 0 saturated heterocycles. The Hall–Kier alpha value is -7.94. The molecule has 1 aliphatic heterocycles. The van der Waals surface area contributed by atoms with E-state index in [1.807, 2.05) is 0 Å². The molecule has 1 spiro atoms. The average molecular weight is 775 g/mol. The van der Waals surface area contributed by atoms with Crippen molar-refractivity contribution in [3.63, 3.8) is 0 Å². The van der Waals surface area contributed by atoms with Crippen LogP contribution in [0.15, 0.2) is 231 Å². The highest BCUT2D eigenvalue weighted by atomic mass is 15.1. The summed E-state index contributed by atoms with van der Waals surface area (Å²) < 4.78 is 2.54. The summed E-state index contributed by atoms with van der Waals surface area (Å²) in [6.07, 6.45) is 0. The zero-order valence-corrected chi connectivity index (χ0v) is 33.3. The molecule has 2 heterocycles. The zero-order valence-electron chi connectivity index (χ0n) is 33.3. The van der Waals surface area contributed by atoms with Crippen molar-refractivity contribution >= 4 is 49.6 Å². The van der Waals surface area contributed by atoms with Gasteiger partial charge in [-0.15, -0.1) is 0 Å². The molecule has 1 aliphatic carbocycles. The van der Waals surface area contributed by atoms with E-state index in [9.17, 15) is 0 Å². The van der Waals surface area contributed by atoms with Crippen LogP contribution in [-0.4, -0.2) is 4.57 Å². The number of hydrogen-bond donors (Lipinski definition) is 0. The first-order chi connectivity index (χ1) is 30.3. The minimum atomic E-state index is -0.563. The Morgan fingerprint density at radius 1 is 0.344 bits per heavy atom. The molecule has 13 rings (SSSR count). The van der Waals surface area contributed by atoms with Gasteiger partial charge in [0.05, 0.1) is 33.5 Å². The Balaban J connectivity index is 1.16. The van der Waals surface area contributed by atoms with Crippen molar-refractivity contribution in [1.29, 1.82) is 0 Å². The van der Waals surface area contributed by atoms with Crippen molar-refractivity contribution < 1.29 is 0 Å². The third-order valence-electron chi connectivity index (χ3n) is 13.4. The van der Waals surface area contributed by atoms with Crippen molar-refractivity contribution in [1.82, 2.24) is 4.57 Å². The lowest BCUT2D eigenvalue weighted by Gasteiger charge is -2.40. The Kier molecular flexibility index (Phi) is 7.26. The summed E-state index contributed by atoms with van der Waals surface area (Å²) in [6, 6.07) is 85.5. The number of anilines is 3. The summed E-state index contributed by atoms with van der Waals surface area (Å²) in [5, 5.41) is 4.96. The third-order valence-corrected chi connectivity index (χ3v) is 13.4. The molecule has 61 heavy (non-hydrogen) atoms. The van der Waals surface area contributed by atoms with Crippen LogP contribution in [0, 0.1) is 0 Å². The molecule has 0 unspecified atom stereocenters. The number of nitrogens with zero attached hydrogens (tertiary/aromatic N) is 2. The number of benzene rings is 10. The molecule has 284 valence electrons. The number of aromatic nitrogens is 1. The van der Waals surface area contributed by atoms with E-state index < -0.39 is 5.41 Å². The molecule has 0 fully saturated rings. The second-order valence-electron chi connectivity index (χ2n) is 16.4. The van der Waals surface area contributed by atoms with Crippen LogP contribution in [0.3, 0.4) is 0 Å². The van der Waals surface area contributed by atoms with E-state index in [0.717, 1.165) is 17.1 Å². The highest BCUT2D eigenvalue weighted by Gasteiger charge is 2.51. The fourth-order valence-electron chi connectivity index (χ4n) is 11.0. The second-order valence-corrected chi connectivity index (χ2v) is 16.4. The third kappa shape index (κ3) is 4.67. The Morgan fingerprint density at radius 3 is 1.70 bits per heavy atom. The minimum absolute atomic E-state index is 0.563. The van der Waals surface area contributed by atoms with Gasteiger partial charge in [0, 0.05) is 27.4 Å². The highest BCUT2D eigenvalue weighted by molar-refractivity contribution is 6.13. The van der Waals surface area contributed by atoms with Gasteiger partial charge in [0.25, 0.3) is 0 Å². The van der Waals surface area contributed by atoms with Crippen molar-refractivity contribution in [3.05, 3.63) is 253 Å². The largest absolute Gasteiger partial charge is 0.309 e. The van der Waals surface area contributed by atoms with Gasteiger partial charge in [-0.3, -0.25) is 0 Å². The lowest BCUT2D eigenvalue weighted by atomic mass is 9.65. The van der Waals surface area contributed by atoms with Crippen LogP contribution in [0.1, 0.15) is 22.3 Å². The van der Waals surface area contributed by atoms with Crippen LogP contribution < -0.4 is 4.90 Å². The van der Waals surface area contributed by atoms with E-state index in [4.69, 9.17) is 0 Å². The van der Waals surface area contributed by atoms with E-state index in [-0.39, 0.29) is 0 Å². The summed E-state index contributed by atoms with van der Waals surface area (Å²) in [4.78, 5) is 2.52. The van der Waals surface area contributed by atoms with Crippen molar-refractivity contribution in [3.8, 4) is 39.1 Å². The molecule has 0 radical (unpaired) electrons. The smallest absolute Gasteiger partial charge is 0.0755 e. The predicted octanol–water partition coefficient (Wildman–Crippen LogP) is 15.4. The molecule has 0 bridgehead atoms. The monoisotopic (exact) mass is 774 g/mol. The first-order valence-electron chi connectivity index (χ1n) is 21.2. The van der Waals surface area contributed by atoms with Gasteiger partial charge in [0.2, 0.25) is 0 Å². The van der Waals surface area contributed by atoms with Crippen LogP contribution in [0.2, 0.25) is 0 Å². The fourth-order valence-corrected chi connectivity index (χ4v) is 11.0. The molecular formula is C59H38N2. The number of fused-ring (bicyclic) bond motifs is 13. The van der Waals surface area contributed by atoms with E-state index >= 15 is 0 Å². The van der Waals surface area contributed by atoms with E-state index in [1.54, 1.807) is 0 Å². The molecular weight excluding hydrogens is 737 g/mol. The molecule has 0 saturated carbocycles. The topological polar surface area (TPSA) is 8.17 Å². The summed E-state index contributed by atoms with van der Waals surface area (Å²) in [5.41, 5.74) is 19.1. The fraction of sp³-hybridized carbons (Fsp3) is 0.0169. The van der Waals surface area contributed by atoms with Gasteiger partial charge >= 0.3 is 0 Å². The molecule has 11 aromatic rings. The molecule has 1 aromatic heterocycles. The predicted molar refractivity (Wildman–Crippen MR) is 255 cm³/mol. The Labute approximate surface area is 354 Å². The SMILES string of the molecule is c1ccc(-c2ccccc2-c2ccccc2N(c2ccc3c(c2)C2(c4ccccc4-c4ccccc42)c2cccc4c5ccccc5n-3c24)c2cccc3ccccc23)cc1. The normalized spacial score (nSPS) is 13.0. The van der Waals surface area contributed by atoms with Crippen LogP contribution >= 0.6 is 0 Å². The van der Waals surface area contributed by atoms with Crippen LogP contribution in [0.4, 0.5) is 17.1 Å². The second kappa shape index (κ2) is 13.0. The van der Waals surface area contributed by atoms with Crippen molar-refractivity contribution in [2.75, 3.05) is 4.90 Å². The summed E-state index contributed by atoms with van der Waals surface area (Å²) in [7, 11) is 0. The van der Waals surface area contributed by atoms with Crippen LogP contribution in [-0.2, 0) is 5.41 Å². The van der Waals surface area contributed by atoms with E-state index in [1.165, 1.54) is 93.9 Å². The minimum Gasteiger partial charge on any atom is -0.309 e. The van der Waals surface area contributed by atoms with E-state index in [2.05, 4.69) is 240 Å².